The van der Waals surface area contributed by atoms with Crippen molar-refractivity contribution in [3.63, 3.8) is 0 Å². The predicted molar refractivity (Wildman–Crippen MR) is 226 cm³/mol. The summed E-state index contributed by atoms with van der Waals surface area (Å²) >= 11 is 0. The second-order valence-electron chi connectivity index (χ2n) is 23.9. The smallest absolute Gasteiger partial charge is 0.0132 e. The molecule has 0 bridgehead atoms. The fraction of sp³-hybridized carbons (Fsp3) is 1.00. The first-order valence-electron chi connectivity index (χ1n) is 26.5. The van der Waals surface area contributed by atoms with Crippen molar-refractivity contribution in [2.24, 2.45) is 94.7 Å². The molecule has 11 aliphatic carbocycles. The minimum absolute atomic E-state index is 0.937. The van der Waals surface area contributed by atoms with Gasteiger partial charge in [0.05, 0.1) is 0 Å². The summed E-state index contributed by atoms with van der Waals surface area (Å²) in [6.45, 7) is 0. The lowest BCUT2D eigenvalue weighted by Crippen LogP contribution is -2.57. The SMILES string of the molecule is C1CCC(C2CCC(N(C3CCC4CC5CCCC(C6CCCC7CC(C8CCCCC8)CC76)C5C4C3)C3CCCC4C5CCCCC5CC43)CC2)CC1. The Hall–Kier alpha value is -0.0400. The summed E-state index contributed by atoms with van der Waals surface area (Å²) < 4.78 is 0. The number of rotatable bonds is 6. The zero-order valence-corrected chi connectivity index (χ0v) is 35.5. The van der Waals surface area contributed by atoms with E-state index in [9.17, 15) is 0 Å². The first-order chi connectivity index (χ1) is 26.8. The highest BCUT2D eigenvalue weighted by atomic mass is 15.2. The van der Waals surface area contributed by atoms with Gasteiger partial charge in [0, 0.05) is 18.1 Å². The molecule has 54 heavy (non-hydrogen) atoms. The molecule has 0 amide bonds. The molecule has 0 aromatic heterocycles. The first kappa shape index (κ1) is 37.0. The third kappa shape index (κ3) is 6.89. The van der Waals surface area contributed by atoms with Gasteiger partial charge in [0.1, 0.15) is 0 Å². The fourth-order valence-corrected chi connectivity index (χ4v) is 20.1. The lowest BCUT2D eigenvalue weighted by Gasteiger charge is -2.54. The molecule has 1 heteroatoms. The fourth-order valence-electron chi connectivity index (χ4n) is 20.1. The van der Waals surface area contributed by atoms with Gasteiger partial charge >= 0.3 is 0 Å². The largest absolute Gasteiger partial charge is 0.294 e. The average Bonchev–Trinajstić information content (AvgIpc) is 3.96. The van der Waals surface area contributed by atoms with Gasteiger partial charge < -0.3 is 0 Å². The van der Waals surface area contributed by atoms with Gasteiger partial charge in [0.25, 0.3) is 0 Å². The summed E-state index contributed by atoms with van der Waals surface area (Å²) in [5.41, 5.74) is 0. The zero-order valence-electron chi connectivity index (χ0n) is 35.5. The summed E-state index contributed by atoms with van der Waals surface area (Å²) in [5.74, 6) is 17.8. The van der Waals surface area contributed by atoms with Crippen molar-refractivity contribution < 1.29 is 0 Å². The quantitative estimate of drug-likeness (QED) is 0.262. The molecule has 0 radical (unpaired) electrons. The minimum atomic E-state index is 0.937. The topological polar surface area (TPSA) is 3.24 Å². The Morgan fingerprint density at radius 3 is 1.50 bits per heavy atom. The Morgan fingerprint density at radius 1 is 0.222 bits per heavy atom. The van der Waals surface area contributed by atoms with E-state index in [1.807, 2.05) is 0 Å². The standard InChI is InChI=1S/C53H87N/c1-3-12-35(13-4-1)37-24-27-43(28-25-37)54(52-23-11-21-46-45-19-8-7-16-39(45)32-51(46)52)44-29-26-40-30-41-18-10-22-48(53(41)50(40)34-44)47-20-9-17-38-31-42(33-49(38)47)36-14-5-2-6-15-36/h35-53H,1-34H2. The lowest BCUT2D eigenvalue weighted by molar-refractivity contribution is -0.0487. The van der Waals surface area contributed by atoms with Crippen LogP contribution in [0.5, 0.6) is 0 Å². The molecule has 1 nitrogen and oxygen atoms in total. The van der Waals surface area contributed by atoms with Gasteiger partial charge in [-0.05, 0) is 197 Å². The average molecular weight is 738 g/mol. The van der Waals surface area contributed by atoms with Crippen LogP contribution in [0, 0.1) is 94.7 Å². The molecule has 11 aliphatic rings. The van der Waals surface area contributed by atoms with E-state index in [0.717, 1.165) is 113 Å². The summed E-state index contributed by atoms with van der Waals surface area (Å²) in [5, 5.41) is 0. The van der Waals surface area contributed by atoms with Gasteiger partial charge in [-0.1, -0.05) is 116 Å². The normalized spacial score (nSPS) is 51.6. The maximum atomic E-state index is 3.52. The highest BCUT2D eigenvalue weighted by Crippen LogP contribution is 2.63. The van der Waals surface area contributed by atoms with Crippen LogP contribution in [0.4, 0.5) is 0 Å². The van der Waals surface area contributed by atoms with E-state index in [4.69, 9.17) is 0 Å². The second-order valence-corrected chi connectivity index (χ2v) is 23.9. The van der Waals surface area contributed by atoms with Crippen LogP contribution in [0.25, 0.3) is 0 Å². The second kappa shape index (κ2) is 16.2. The molecule has 0 aromatic carbocycles. The van der Waals surface area contributed by atoms with E-state index in [0.29, 0.717) is 0 Å². The molecule has 11 fully saturated rings. The Bertz CT molecular complexity index is 1220. The molecule has 304 valence electrons. The number of hydrogen-bond acceptors (Lipinski definition) is 1. The van der Waals surface area contributed by atoms with Gasteiger partial charge in [-0.15, -0.1) is 0 Å². The highest BCUT2D eigenvalue weighted by Gasteiger charge is 2.57. The van der Waals surface area contributed by atoms with E-state index < -0.39 is 0 Å². The van der Waals surface area contributed by atoms with Crippen LogP contribution in [0.15, 0.2) is 0 Å². The predicted octanol–water partition coefficient (Wildman–Crippen LogP) is 14.7. The van der Waals surface area contributed by atoms with Crippen LogP contribution in [0.2, 0.25) is 0 Å². The molecular weight excluding hydrogens is 651 g/mol. The molecular formula is C53H87N. The van der Waals surface area contributed by atoms with E-state index >= 15 is 0 Å². The van der Waals surface area contributed by atoms with Gasteiger partial charge in [-0.2, -0.15) is 0 Å². The molecule has 15 atom stereocenters. The minimum Gasteiger partial charge on any atom is -0.294 e. The van der Waals surface area contributed by atoms with Gasteiger partial charge in [-0.25, -0.2) is 0 Å². The maximum absolute atomic E-state index is 3.52. The third-order valence-corrected chi connectivity index (χ3v) is 22.0. The van der Waals surface area contributed by atoms with Crippen LogP contribution in [0.1, 0.15) is 218 Å². The van der Waals surface area contributed by atoms with E-state index in [2.05, 4.69) is 4.90 Å². The molecule has 0 aromatic rings. The molecule has 0 spiro atoms. The summed E-state index contributed by atoms with van der Waals surface area (Å²) in [6, 6.07) is 2.84. The molecule has 0 saturated heterocycles. The Morgan fingerprint density at radius 2 is 0.704 bits per heavy atom. The molecule has 0 heterocycles. The molecule has 11 rings (SSSR count). The monoisotopic (exact) mass is 738 g/mol. The van der Waals surface area contributed by atoms with Crippen molar-refractivity contribution in [1.82, 2.24) is 4.90 Å². The van der Waals surface area contributed by atoms with Gasteiger partial charge in [0.2, 0.25) is 0 Å². The van der Waals surface area contributed by atoms with Crippen molar-refractivity contribution in [2.75, 3.05) is 0 Å². The van der Waals surface area contributed by atoms with E-state index in [1.165, 1.54) is 12.8 Å². The lowest BCUT2D eigenvalue weighted by atomic mass is 9.57. The van der Waals surface area contributed by atoms with Crippen LogP contribution in [0.3, 0.4) is 0 Å². The Labute approximate surface area is 334 Å². The Kier molecular flexibility index (Phi) is 11.1. The van der Waals surface area contributed by atoms with Crippen molar-refractivity contribution in [2.45, 2.75) is 236 Å². The number of fused-ring (bicyclic) bond motifs is 7. The van der Waals surface area contributed by atoms with Gasteiger partial charge in [-0.3, -0.25) is 4.90 Å². The molecule has 15 unspecified atom stereocenters. The first-order valence-corrected chi connectivity index (χ1v) is 26.5. The maximum Gasteiger partial charge on any atom is 0.0132 e. The number of hydrogen-bond donors (Lipinski definition) is 0. The van der Waals surface area contributed by atoms with Crippen molar-refractivity contribution in [1.29, 1.82) is 0 Å². The summed E-state index contributed by atoms with van der Waals surface area (Å²) in [6.07, 6.45) is 54.2. The molecule has 11 saturated carbocycles. The molecule has 0 N–H and O–H groups in total. The third-order valence-electron chi connectivity index (χ3n) is 22.0. The highest BCUT2D eigenvalue weighted by molar-refractivity contribution is 5.08. The zero-order chi connectivity index (χ0) is 35.6. The van der Waals surface area contributed by atoms with E-state index in [-0.39, 0.29) is 0 Å². The van der Waals surface area contributed by atoms with Crippen LogP contribution in [-0.2, 0) is 0 Å². The van der Waals surface area contributed by atoms with Crippen molar-refractivity contribution >= 4 is 0 Å². The van der Waals surface area contributed by atoms with Crippen molar-refractivity contribution in [3.05, 3.63) is 0 Å². The number of nitrogens with zero attached hydrogens (tertiary/aromatic N) is 1. The van der Waals surface area contributed by atoms with Gasteiger partial charge in [0.15, 0.2) is 0 Å². The van der Waals surface area contributed by atoms with Crippen LogP contribution in [-0.4, -0.2) is 23.0 Å². The summed E-state index contributed by atoms with van der Waals surface area (Å²) in [4.78, 5) is 3.52. The molecule has 0 aliphatic heterocycles. The van der Waals surface area contributed by atoms with E-state index in [1.54, 1.807) is 205 Å². The van der Waals surface area contributed by atoms with Crippen LogP contribution < -0.4 is 0 Å². The summed E-state index contributed by atoms with van der Waals surface area (Å²) in [7, 11) is 0. The Balaban J connectivity index is 0.845. The van der Waals surface area contributed by atoms with Crippen LogP contribution >= 0.6 is 0 Å². The van der Waals surface area contributed by atoms with Crippen molar-refractivity contribution in [3.8, 4) is 0 Å².